The minimum atomic E-state index is -4.22. The van der Waals surface area contributed by atoms with Gasteiger partial charge in [-0.3, -0.25) is 0 Å². The Morgan fingerprint density at radius 3 is 2.67 bits per heavy atom. The van der Waals surface area contributed by atoms with E-state index in [1.165, 1.54) is 19.2 Å². The maximum absolute atomic E-state index is 12.1. The van der Waals surface area contributed by atoms with Gasteiger partial charge in [0.25, 0.3) is 0 Å². The van der Waals surface area contributed by atoms with Crippen molar-refractivity contribution in [1.82, 2.24) is 0 Å². The molecular weight excluding hydrogens is 247 g/mol. The normalized spacial score (nSPS) is 13.2. The number of benzene rings is 1. The highest BCUT2D eigenvalue weighted by molar-refractivity contribution is 5.89. The summed E-state index contributed by atoms with van der Waals surface area (Å²) in [4.78, 5) is 11.3. The third-order valence-electron chi connectivity index (χ3n) is 2.47. The van der Waals surface area contributed by atoms with Crippen LogP contribution in [0.15, 0.2) is 24.3 Å². The lowest BCUT2D eigenvalue weighted by Crippen LogP contribution is -2.16. The largest absolute Gasteiger partial charge is 0.465 e. The Morgan fingerprint density at radius 1 is 1.44 bits per heavy atom. The highest BCUT2D eigenvalue weighted by atomic mass is 19.4. The van der Waals surface area contributed by atoms with Crippen molar-refractivity contribution in [2.45, 2.75) is 25.1 Å². The van der Waals surface area contributed by atoms with E-state index in [0.29, 0.717) is 5.56 Å². The van der Waals surface area contributed by atoms with Gasteiger partial charge in [0.15, 0.2) is 0 Å². The van der Waals surface area contributed by atoms with E-state index in [-0.39, 0.29) is 12.0 Å². The molecule has 100 valence electrons. The molecule has 0 amide bonds. The van der Waals surface area contributed by atoms with Gasteiger partial charge in [-0.2, -0.15) is 13.2 Å². The van der Waals surface area contributed by atoms with Crippen molar-refractivity contribution in [3.05, 3.63) is 35.4 Å². The third kappa shape index (κ3) is 4.37. The molecule has 18 heavy (non-hydrogen) atoms. The zero-order valence-corrected chi connectivity index (χ0v) is 9.83. The Bertz CT molecular complexity index is 418. The maximum Gasteiger partial charge on any atom is 0.389 e. The summed E-state index contributed by atoms with van der Waals surface area (Å²) in [5.41, 5.74) is 6.42. The molecule has 0 saturated carbocycles. The summed E-state index contributed by atoms with van der Waals surface area (Å²) in [5, 5.41) is 0. The first-order chi connectivity index (χ1) is 8.33. The number of hydrogen-bond donors (Lipinski definition) is 1. The first-order valence-corrected chi connectivity index (χ1v) is 5.34. The molecule has 0 spiro atoms. The molecule has 0 unspecified atom stereocenters. The van der Waals surface area contributed by atoms with E-state index >= 15 is 0 Å². The quantitative estimate of drug-likeness (QED) is 0.848. The van der Waals surface area contributed by atoms with Gasteiger partial charge in [0.05, 0.1) is 12.7 Å². The topological polar surface area (TPSA) is 52.3 Å². The first kappa shape index (κ1) is 14.5. The number of hydrogen-bond acceptors (Lipinski definition) is 3. The Kier molecular flexibility index (Phi) is 4.72. The molecule has 0 bridgehead atoms. The Hall–Kier alpha value is -1.56. The standard InChI is InChI=1S/C12H14F3NO2/c1-18-11(17)9-4-2-3-8(7-9)10(16)5-6-12(13,14)15/h2-4,7,10H,5-6,16H2,1H3/t10-/m1/s1. The number of nitrogens with two attached hydrogens (primary N) is 1. The Balaban J connectivity index is 2.74. The van der Waals surface area contributed by atoms with E-state index in [9.17, 15) is 18.0 Å². The van der Waals surface area contributed by atoms with Crippen molar-refractivity contribution in [2.24, 2.45) is 5.73 Å². The van der Waals surface area contributed by atoms with Crippen molar-refractivity contribution in [2.75, 3.05) is 7.11 Å². The Labute approximate surface area is 103 Å². The van der Waals surface area contributed by atoms with Crippen LogP contribution in [0.1, 0.15) is 34.8 Å². The molecule has 0 aliphatic rings. The zero-order chi connectivity index (χ0) is 13.8. The van der Waals surface area contributed by atoms with Crippen LogP contribution in [0.3, 0.4) is 0 Å². The van der Waals surface area contributed by atoms with Crippen LogP contribution in [0.5, 0.6) is 0 Å². The molecular formula is C12H14F3NO2. The lowest BCUT2D eigenvalue weighted by molar-refractivity contribution is -0.136. The average molecular weight is 261 g/mol. The molecule has 2 N–H and O–H groups in total. The molecule has 6 heteroatoms. The zero-order valence-electron chi connectivity index (χ0n) is 9.83. The molecule has 0 fully saturated rings. The lowest BCUT2D eigenvalue weighted by Gasteiger charge is -2.14. The van der Waals surface area contributed by atoms with Crippen LogP contribution in [0, 0.1) is 0 Å². The smallest absolute Gasteiger partial charge is 0.389 e. The SMILES string of the molecule is COC(=O)c1cccc([C@H](N)CCC(F)(F)F)c1. The molecule has 0 saturated heterocycles. The second-order valence-corrected chi connectivity index (χ2v) is 3.88. The number of halogens is 3. The average Bonchev–Trinajstić information content (AvgIpc) is 2.34. The number of ether oxygens (including phenoxy) is 1. The second-order valence-electron chi connectivity index (χ2n) is 3.88. The van der Waals surface area contributed by atoms with Crippen LogP contribution >= 0.6 is 0 Å². The number of alkyl halides is 3. The van der Waals surface area contributed by atoms with Gasteiger partial charge < -0.3 is 10.5 Å². The fraction of sp³-hybridized carbons (Fsp3) is 0.417. The fourth-order valence-corrected chi connectivity index (χ4v) is 1.50. The van der Waals surface area contributed by atoms with Gasteiger partial charge in [-0.05, 0) is 24.1 Å². The molecule has 1 aromatic carbocycles. The predicted octanol–water partition coefficient (Wildman–Crippen LogP) is 2.82. The van der Waals surface area contributed by atoms with Crippen molar-refractivity contribution in [3.8, 4) is 0 Å². The van der Waals surface area contributed by atoms with Gasteiger partial charge >= 0.3 is 12.1 Å². The predicted molar refractivity (Wildman–Crippen MR) is 60.0 cm³/mol. The number of carbonyl (C=O) groups excluding carboxylic acids is 1. The van der Waals surface area contributed by atoms with Crippen LogP contribution in [-0.4, -0.2) is 19.3 Å². The maximum atomic E-state index is 12.1. The van der Waals surface area contributed by atoms with E-state index in [2.05, 4.69) is 4.74 Å². The molecule has 1 rings (SSSR count). The van der Waals surface area contributed by atoms with Gasteiger partial charge in [-0.25, -0.2) is 4.79 Å². The molecule has 0 aromatic heterocycles. The summed E-state index contributed by atoms with van der Waals surface area (Å²) >= 11 is 0. The molecule has 0 radical (unpaired) electrons. The molecule has 0 aliphatic heterocycles. The van der Waals surface area contributed by atoms with E-state index in [0.717, 1.165) is 0 Å². The van der Waals surface area contributed by atoms with Crippen molar-refractivity contribution in [1.29, 1.82) is 0 Å². The number of esters is 1. The summed E-state index contributed by atoms with van der Waals surface area (Å²) in [6.45, 7) is 0. The molecule has 0 aliphatic carbocycles. The minimum Gasteiger partial charge on any atom is -0.465 e. The van der Waals surface area contributed by atoms with Gasteiger partial charge in [0.2, 0.25) is 0 Å². The van der Waals surface area contributed by atoms with Crippen molar-refractivity contribution >= 4 is 5.97 Å². The first-order valence-electron chi connectivity index (χ1n) is 5.34. The van der Waals surface area contributed by atoms with Crippen molar-refractivity contribution in [3.63, 3.8) is 0 Å². The molecule has 1 atom stereocenters. The summed E-state index contributed by atoms with van der Waals surface area (Å²) in [7, 11) is 1.23. The van der Waals surface area contributed by atoms with E-state index in [4.69, 9.17) is 5.73 Å². The molecule has 3 nitrogen and oxygen atoms in total. The van der Waals surface area contributed by atoms with Crippen molar-refractivity contribution < 1.29 is 22.7 Å². The highest BCUT2D eigenvalue weighted by Gasteiger charge is 2.27. The van der Waals surface area contributed by atoms with Crippen LogP contribution in [0.25, 0.3) is 0 Å². The molecule has 1 aromatic rings. The molecule has 0 heterocycles. The monoisotopic (exact) mass is 261 g/mol. The van der Waals surface area contributed by atoms with Crippen LogP contribution < -0.4 is 5.73 Å². The highest BCUT2D eigenvalue weighted by Crippen LogP contribution is 2.26. The number of carbonyl (C=O) groups is 1. The second kappa shape index (κ2) is 5.86. The summed E-state index contributed by atoms with van der Waals surface area (Å²) < 4.78 is 40.7. The van der Waals surface area contributed by atoms with Gasteiger partial charge in [-0.1, -0.05) is 12.1 Å². The third-order valence-corrected chi connectivity index (χ3v) is 2.47. The van der Waals surface area contributed by atoms with Gasteiger partial charge in [0.1, 0.15) is 0 Å². The number of methoxy groups -OCH3 is 1. The Morgan fingerprint density at radius 2 is 2.11 bits per heavy atom. The van der Waals surface area contributed by atoms with E-state index in [1.54, 1.807) is 12.1 Å². The fourth-order valence-electron chi connectivity index (χ4n) is 1.50. The van der Waals surface area contributed by atoms with Crippen LogP contribution in [-0.2, 0) is 4.74 Å². The van der Waals surface area contributed by atoms with Gasteiger partial charge in [-0.15, -0.1) is 0 Å². The number of rotatable bonds is 4. The van der Waals surface area contributed by atoms with E-state index in [1.807, 2.05) is 0 Å². The summed E-state index contributed by atoms with van der Waals surface area (Å²) in [6.07, 6.45) is -5.39. The van der Waals surface area contributed by atoms with Crippen LogP contribution in [0.2, 0.25) is 0 Å². The minimum absolute atomic E-state index is 0.214. The summed E-state index contributed by atoms with van der Waals surface area (Å²) in [6, 6.07) is 5.37. The van der Waals surface area contributed by atoms with Gasteiger partial charge in [0, 0.05) is 12.5 Å². The lowest BCUT2D eigenvalue weighted by atomic mass is 10.0. The van der Waals surface area contributed by atoms with E-state index < -0.39 is 24.6 Å². The van der Waals surface area contributed by atoms with Crippen LogP contribution in [0.4, 0.5) is 13.2 Å². The summed E-state index contributed by atoms with van der Waals surface area (Å²) in [5.74, 6) is -0.542.